The summed E-state index contributed by atoms with van der Waals surface area (Å²) in [6.45, 7) is 3.59. The quantitative estimate of drug-likeness (QED) is 0.713. The summed E-state index contributed by atoms with van der Waals surface area (Å²) in [6, 6.07) is 4.33. The Morgan fingerprint density at radius 3 is 2.65 bits per heavy atom. The van der Waals surface area contributed by atoms with Crippen LogP contribution in [0.25, 0.3) is 5.69 Å². The molecule has 0 bridgehead atoms. The molecule has 0 aromatic carbocycles. The van der Waals surface area contributed by atoms with Gasteiger partial charge in [-0.25, -0.2) is 0 Å². The maximum atomic E-state index is 11.9. The normalized spacial score (nSPS) is 10.5. The van der Waals surface area contributed by atoms with Crippen LogP contribution in [0.5, 0.6) is 5.75 Å². The number of rotatable bonds is 1. The molecule has 0 aliphatic rings. The molecule has 0 aliphatic carbocycles. The number of aryl methyl sites for hydroxylation is 2. The third-order valence-corrected chi connectivity index (χ3v) is 2.54. The lowest BCUT2D eigenvalue weighted by molar-refractivity contribution is 0.472. The molecule has 2 aromatic rings. The van der Waals surface area contributed by atoms with Crippen molar-refractivity contribution >= 4 is 13.4 Å². The molecule has 84 valence electrons. The van der Waals surface area contributed by atoms with Gasteiger partial charge in [0, 0.05) is 18.0 Å². The van der Waals surface area contributed by atoms with Crippen molar-refractivity contribution in [2.24, 2.45) is 0 Å². The molecule has 2 rings (SSSR count). The predicted molar refractivity (Wildman–Crippen MR) is 66.4 cm³/mol. The first-order valence-electron chi connectivity index (χ1n) is 5.14. The van der Waals surface area contributed by atoms with Gasteiger partial charge in [-0.2, -0.15) is 0 Å². The second-order valence-corrected chi connectivity index (χ2v) is 3.92. The van der Waals surface area contributed by atoms with Crippen LogP contribution in [0.4, 0.5) is 0 Å². The summed E-state index contributed by atoms with van der Waals surface area (Å²) in [5.74, 6) is -0.0385. The molecular weight excluding hydrogens is 215 g/mol. The minimum atomic E-state index is -0.295. The van der Waals surface area contributed by atoms with Gasteiger partial charge in [0.15, 0.2) is 0 Å². The van der Waals surface area contributed by atoms with E-state index in [0.717, 1.165) is 5.56 Å². The van der Waals surface area contributed by atoms with Crippen LogP contribution in [0.3, 0.4) is 0 Å². The van der Waals surface area contributed by atoms with Gasteiger partial charge < -0.3 is 5.11 Å². The van der Waals surface area contributed by atoms with Crippen LogP contribution in [-0.4, -0.2) is 22.5 Å². The number of pyridine rings is 2. The molecule has 0 atom stereocenters. The zero-order valence-corrected chi connectivity index (χ0v) is 9.64. The van der Waals surface area contributed by atoms with Gasteiger partial charge in [0.2, 0.25) is 0 Å². The van der Waals surface area contributed by atoms with E-state index in [0.29, 0.717) is 17.0 Å². The molecule has 0 unspecified atom stereocenters. The molecule has 0 saturated carbocycles. The lowest BCUT2D eigenvalue weighted by Crippen LogP contribution is -2.22. The Morgan fingerprint density at radius 2 is 2.00 bits per heavy atom. The van der Waals surface area contributed by atoms with Crippen LogP contribution in [-0.2, 0) is 0 Å². The molecule has 0 saturated heterocycles. The van der Waals surface area contributed by atoms with Gasteiger partial charge in [0.05, 0.1) is 5.69 Å². The van der Waals surface area contributed by atoms with E-state index in [2.05, 4.69) is 4.98 Å². The van der Waals surface area contributed by atoms with Crippen molar-refractivity contribution in [2.45, 2.75) is 13.8 Å². The first-order valence-corrected chi connectivity index (χ1v) is 5.14. The van der Waals surface area contributed by atoms with Crippen molar-refractivity contribution in [3.8, 4) is 11.4 Å². The highest BCUT2D eigenvalue weighted by Gasteiger charge is 2.08. The summed E-state index contributed by atoms with van der Waals surface area (Å²) in [5.41, 5.74) is 2.22. The smallest absolute Gasteiger partial charge is 0.258 e. The van der Waals surface area contributed by atoms with E-state index in [1.54, 1.807) is 19.2 Å². The van der Waals surface area contributed by atoms with Gasteiger partial charge in [0.1, 0.15) is 13.6 Å². The zero-order chi connectivity index (χ0) is 12.6. The van der Waals surface area contributed by atoms with Crippen molar-refractivity contribution in [1.29, 1.82) is 0 Å². The average Bonchev–Trinajstić information content (AvgIpc) is 2.21. The summed E-state index contributed by atoms with van der Waals surface area (Å²) < 4.78 is 1.49. The molecule has 1 N–H and O–H groups in total. The number of hydrogen-bond donors (Lipinski definition) is 1. The molecule has 2 radical (unpaired) electrons. The first kappa shape index (κ1) is 11.5. The van der Waals surface area contributed by atoms with E-state index in [4.69, 9.17) is 7.85 Å². The van der Waals surface area contributed by atoms with E-state index in [1.807, 2.05) is 6.92 Å². The number of aromatic hydroxyl groups is 1. The Labute approximate surface area is 100.0 Å². The highest BCUT2D eigenvalue weighted by molar-refractivity contribution is 6.30. The Morgan fingerprint density at radius 1 is 1.29 bits per heavy atom. The molecule has 17 heavy (non-hydrogen) atoms. The standard InChI is InChI=1S/C12H11BN2O2/c1-7-6-14-11(13)5-10(7)15-8(2)3-9(16)4-12(15)17/h3-6,16H,1-2H3. The summed E-state index contributed by atoms with van der Waals surface area (Å²) >= 11 is 0. The SMILES string of the molecule is [B]c1cc(-n2c(C)cc(O)cc2=O)c(C)cn1. The van der Waals surface area contributed by atoms with E-state index in [1.165, 1.54) is 16.7 Å². The van der Waals surface area contributed by atoms with Crippen LogP contribution in [0, 0.1) is 13.8 Å². The van der Waals surface area contributed by atoms with Gasteiger partial charge in [0.25, 0.3) is 5.56 Å². The van der Waals surface area contributed by atoms with Crippen LogP contribution in [0.2, 0.25) is 0 Å². The maximum absolute atomic E-state index is 11.9. The second-order valence-electron chi connectivity index (χ2n) is 3.92. The number of aromatic nitrogens is 2. The van der Waals surface area contributed by atoms with Crippen LogP contribution in [0.15, 0.2) is 29.2 Å². The summed E-state index contributed by atoms with van der Waals surface area (Å²) in [6.07, 6.45) is 1.61. The molecular formula is C12H11BN2O2. The number of hydrogen-bond acceptors (Lipinski definition) is 3. The molecule has 0 fully saturated rings. The molecule has 2 aromatic heterocycles. The summed E-state index contributed by atoms with van der Waals surface area (Å²) in [5, 5.41) is 9.34. The molecule has 0 amide bonds. The fraction of sp³-hybridized carbons (Fsp3) is 0.167. The van der Waals surface area contributed by atoms with Crippen LogP contribution in [0.1, 0.15) is 11.3 Å². The number of nitrogens with zero attached hydrogens (tertiary/aromatic N) is 2. The molecule has 5 heteroatoms. The Kier molecular flexibility index (Phi) is 2.75. The van der Waals surface area contributed by atoms with Crippen LogP contribution >= 0.6 is 0 Å². The van der Waals surface area contributed by atoms with E-state index in [-0.39, 0.29) is 11.3 Å². The van der Waals surface area contributed by atoms with E-state index < -0.39 is 0 Å². The highest BCUT2D eigenvalue weighted by Crippen LogP contribution is 2.14. The maximum Gasteiger partial charge on any atom is 0.258 e. The van der Waals surface area contributed by atoms with Crippen molar-refractivity contribution in [1.82, 2.24) is 9.55 Å². The van der Waals surface area contributed by atoms with Crippen molar-refractivity contribution in [2.75, 3.05) is 0 Å². The van der Waals surface area contributed by atoms with Gasteiger partial charge in [-0.1, -0.05) is 0 Å². The minimum absolute atomic E-state index is 0.0385. The molecule has 0 spiro atoms. The lowest BCUT2D eigenvalue weighted by Gasteiger charge is -2.13. The fourth-order valence-corrected chi connectivity index (χ4v) is 1.76. The Hall–Kier alpha value is -2.04. The van der Waals surface area contributed by atoms with E-state index in [9.17, 15) is 9.90 Å². The highest BCUT2D eigenvalue weighted by atomic mass is 16.3. The zero-order valence-electron chi connectivity index (χ0n) is 9.64. The van der Waals surface area contributed by atoms with Gasteiger partial charge >= 0.3 is 0 Å². The third kappa shape index (κ3) is 2.09. The summed E-state index contributed by atoms with van der Waals surface area (Å²) in [7, 11) is 5.62. The van der Waals surface area contributed by atoms with Gasteiger partial charge in [-0.05, 0) is 37.1 Å². The van der Waals surface area contributed by atoms with Crippen LogP contribution < -0.4 is 11.2 Å². The lowest BCUT2D eigenvalue weighted by atomic mass is 10.0. The van der Waals surface area contributed by atoms with Crippen molar-refractivity contribution in [3.05, 3.63) is 46.0 Å². The van der Waals surface area contributed by atoms with Crippen molar-refractivity contribution in [3.63, 3.8) is 0 Å². The summed E-state index contributed by atoms with van der Waals surface area (Å²) in [4.78, 5) is 15.8. The Balaban J connectivity index is 2.77. The average molecular weight is 226 g/mol. The minimum Gasteiger partial charge on any atom is -0.508 e. The van der Waals surface area contributed by atoms with Gasteiger partial charge in [-0.15, -0.1) is 0 Å². The first-order chi connectivity index (χ1) is 7.99. The van der Waals surface area contributed by atoms with Crippen molar-refractivity contribution < 1.29 is 5.11 Å². The topological polar surface area (TPSA) is 55.1 Å². The fourth-order valence-electron chi connectivity index (χ4n) is 1.76. The Bertz CT molecular complexity index is 635. The second kappa shape index (κ2) is 4.09. The molecule has 2 heterocycles. The molecule has 4 nitrogen and oxygen atoms in total. The molecule has 0 aliphatic heterocycles. The largest absolute Gasteiger partial charge is 0.508 e. The monoisotopic (exact) mass is 226 g/mol. The third-order valence-electron chi connectivity index (χ3n) is 2.54. The van der Waals surface area contributed by atoms with Gasteiger partial charge in [-0.3, -0.25) is 14.3 Å². The van der Waals surface area contributed by atoms with E-state index >= 15 is 0 Å². The predicted octanol–water partition coefficient (Wildman–Crippen LogP) is 0.349.